The number of rotatable bonds is 1. The minimum absolute atomic E-state index is 0.704. The van der Waals surface area contributed by atoms with E-state index < -0.39 is 0 Å². The SMILES string of the molecule is Clc1ccc(-c2ncc[nH]2)cc1Br. The molecule has 0 bridgehead atoms. The zero-order chi connectivity index (χ0) is 9.26. The number of H-pyrrole nitrogens is 1. The van der Waals surface area contributed by atoms with Crippen LogP contribution in [0.5, 0.6) is 0 Å². The van der Waals surface area contributed by atoms with E-state index in [9.17, 15) is 0 Å². The van der Waals surface area contributed by atoms with Crippen LogP contribution in [0.25, 0.3) is 11.4 Å². The van der Waals surface area contributed by atoms with Crippen molar-refractivity contribution in [2.45, 2.75) is 0 Å². The molecule has 0 aliphatic heterocycles. The molecular formula is C9H6BrClN2. The zero-order valence-corrected chi connectivity index (χ0v) is 8.93. The second-order valence-corrected chi connectivity index (χ2v) is 3.83. The van der Waals surface area contributed by atoms with Crippen molar-refractivity contribution >= 4 is 27.5 Å². The monoisotopic (exact) mass is 256 g/mol. The minimum atomic E-state index is 0.704. The van der Waals surface area contributed by atoms with E-state index in [2.05, 4.69) is 25.9 Å². The average molecular weight is 258 g/mol. The van der Waals surface area contributed by atoms with Crippen LogP contribution >= 0.6 is 27.5 Å². The minimum Gasteiger partial charge on any atom is -0.345 e. The lowest BCUT2D eigenvalue weighted by molar-refractivity contribution is 1.31. The summed E-state index contributed by atoms with van der Waals surface area (Å²) in [6, 6.07) is 5.69. The van der Waals surface area contributed by atoms with E-state index in [-0.39, 0.29) is 0 Å². The van der Waals surface area contributed by atoms with Gasteiger partial charge in [-0.25, -0.2) is 4.98 Å². The summed E-state index contributed by atoms with van der Waals surface area (Å²) in [5, 5.41) is 0.704. The molecule has 0 aliphatic carbocycles. The van der Waals surface area contributed by atoms with Crippen LogP contribution in [-0.4, -0.2) is 9.97 Å². The standard InChI is InChI=1S/C9H6BrClN2/c10-7-5-6(1-2-8(7)11)9-12-3-4-13-9/h1-5H,(H,12,13). The first-order chi connectivity index (χ1) is 6.27. The van der Waals surface area contributed by atoms with E-state index in [0.29, 0.717) is 5.02 Å². The van der Waals surface area contributed by atoms with Gasteiger partial charge in [-0.2, -0.15) is 0 Å². The van der Waals surface area contributed by atoms with Gasteiger partial charge in [-0.05, 0) is 34.1 Å². The third-order valence-electron chi connectivity index (χ3n) is 1.69. The lowest BCUT2D eigenvalue weighted by Crippen LogP contribution is -1.80. The van der Waals surface area contributed by atoms with Gasteiger partial charge in [0.1, 0.15) is 5.82 Å². The van der Waals surface area contributed by atoms with Gasteiger partial charge in [0.05, 0.1) is 5.02 Å². The van der Waals surface area contributed by atoms with E-state index >= 15 is 0 Å². The normalized spacial score (nSPS) is 10.3. The number of benzene rings is 1. The molecule has 2 aromatic rings. The molecule has 0 unspecified atom stereocenters. The van der Waals surface area contributed by atoms with E-state index in [1.807, 2.05) is 18.2 Å². The predicted octanol–water partition coefficient (Wildman–Crippen LogP) is 3.49. The van der Waals surface area contributed by atoms with Gasteiger partial charge < -0.3 is 4.98 Å². The molecule has 1 heterocycles. The highest BCUT2D eigenvalue weighted by atomic mass is 79.9. The molecule has 2 rings (SSSR count). The summed E-state index contributed by atoms with van der Waals surface area (Å²) in [5.74, 6) is 0.845. The summed E-state index contributed by atoms with van der Waals surface area (Å²) in [6.07, 6.45) is 3.51. The molecule has 1 N–H and O–H groups in total. The number of aromatic nitrogens is 2. The van der Waals surface area contributed by atoms with Crippen LogP contribution < -0.4 is 0 Å². The number of nitrogens with one attached hydrogen (secondary N) is 1. The van der Waals surface area contributed by atoms with Crippen molar-refractivity contribution in [1.82, 2.24) is 9.97 Å². The first kappa shape index (κ1) is 8.78. The molecule has 13 heavy (non-hydrogen) atoms. The van der Waals surface area contributed by atoms with Crippen molar-refractivity contribution in [1.29, 1.82) is 0 Å². The van der Waals surface area contributed by atoms with Gasteiger partial charge in [-0.3, -0.25) is 0 Å². The van der Waals surface area contributed by atoms with Crippen molar-refractivity contribution in [3.05, 3.63) is 40.1 Å². The van der Waals surface area contributed by atoms with Gasteiger partial charge in [-0.1, -0.05) is 11.6 Å². The fraction of sp³-hybridized carbons (Fsp3) is 0. The van der Waals surface area contributed by atoms with Crippen LogP contribution in [0.1, 0.15) is 0 Å². The maximum absolute atomic E-state index is 5.86. The number of aromatic amines is 1. The molecule has 66 valence electrons. The van der Waals surface area contributed by atoms with Crippen molar-refractivity contribution in [2.75, 3.05) is 0 Å². The number of imidazole rings is 1. The first-order valence-corrected chi connectivity index (χ1v) is 4.89. The van der Waals surface area contributed by atoms with Crippen molar-refractivity contribution in [3.8, 4) is 11.4 Å². The molecule has 0 spiro atoms. The van der Waals surface area contributed by atoms with Crippen molar-refractivity contribution in [3.63, 3.8) is 0 Å². The maximum atomic E-state index is 5.86. The number of halogens is 2. The highest BCUT2D eigenvalue weighted by Gasteiger charge is 2.02. The Balaban J connectivity index is 2.49. The average Bonchev–Trinajstić information content (AvgIpc) is 2.62. The molecule has 0 radical (unpaired) electrons. The molecule has 0 saturated heterocycles. The lowest BCUT2D eigenvalue weighted by atomic mass is 10.2. The highest BCUT2D eigenvalue weighted by molar-refractivity contribution is 9.10. The molecule has 2 nitrogen and oxygen atoms in total. The summed E-state index contributed by atoms with van der Waals surface area (Å²) in [6.45, 7) is 0. The molecule has 4 heteroatoms. The van der Waals surface area contributed by atoms with Gasteiger partial charge in [-0.15, -0.1) is 0 Å². The Labute approximate surface area is 89.1 Å². The Morgan fingerprint density at radius 1 is 1.38 bits per heavy atom. The number of hydrogen-bond donors (Lipinski definition) is 1. The van der Waals surface area contributed by atoms with Gasteiger partial charge in [0.2, 0.25) is 0 Å². The van der Waals surface area contributed by atoms with E-state index in [0.717, 1.165) is 15.9 Å². The summed E-state index contributed by atoms with van der Waals surface area (Å²) < 4.78 is 0.878. The van der Waals surface area contributed by atoms with Gasteiger partial charge >= 0.3 is 0 Å². The molecule has 0 aliphatic rings. The third kappa shape index (κ3) is 1.76. The zero-order valence-electron chi connectivity index (χ0n) is 6.59. The summed E-state index contributed by atoms with van der Waals surface area (Å²) in [5.41, 5.74) is 1.02. The molecular weight excluding hydrogens is 251 g/mol. The van der Waals surface area contributed by atoms with Crippen molar-refractivity contribution in [2.24, 2.45) is 0 Å². The van der Waals surface area contributed by atoms with Crippen LogP contribution in [0.3, 0.4) is 0 Å². The Morgan fingerprint density at radius 2 is 2.23 bits per heavy atom. The Kier molecular flexibility index (Phi) is 2.38. The highest BCUT2D eigenvalue weighted by Crippen LogP contribution is 2.26. The van der Waals surface area contributed by atoms with Gasteiger partial charge in [0.25, 0.3) is 0 Å². The van der Waals surface area contributed by atoms with E-state index in [1.54, 1.807) is 12.4 Å². The van der Waals surface area contributed by atoms with Crippen LogP contribution in [0.4, 0.5) is 0 Å². The van der Waals surface area contributed by atoms with Gasteiger partial charge in [0, 0.05) is 22.4 Å². The van der Waals surface area contributed by atoms with Gasteiger partial charge in [0.15, 0.2) is 0 Å². The van der Waals surface area contributed by atoms with Crippen LogP contribution in [0.2, 0.25) is 5.02 Å². The Morgan fingerprint density at radius 3 is 2.85 bits per heavy atom. The topological polar surface area (TPSA) is 28.7 Å². The maximum Gasteiger partial charge on any atom is 0.137 e. The third-order valence-corrected chi connectivity index (χ3v) is 2.91. The summed E-state index contributed by atoms with van der Waals surface area (Å²) in [4.78, 5) is 7.16. The van der Waals surface area contributed by atoms with Crippen LogP contribution in [0.15, 0.2) is 35.1 Å². The molecule has 1 aromatic heterocycles. The first-order valence-electron chi connectivity index (χ1n) is 3.72. The van der Waals surface area contributed by atoms with Crippen molar-refractivity contribution < 1.29 is 0 Å². The second-order valence-electron chi connectivity index (χ2n) is 2.57. The number of nitrogens with zero attached hydrogens (tertiary/aromatic N) is 1. The molecule has 0 amide bonds. The Hall–Kier alpha value is -0.800. The molecule has 0 atom stereocenters. The fourth-order valence-electron chi connectivity index (χ4n) is 1.07. The predicted molar refractivity (Wildman–Crippen MR) is 56.7 cm³/mol. The molecule has 0 saturated carbocycles. The quantitative estimate of drug-likeness (QED) is 0.832. The Bertz CT molecular complexity index is 412. The molecule has 1 aromatic carbocycles. The lowest BCUT2D eigenvalue weighted by Gasteiger charge is -1.99. The number of hydrogen-bond acceptors (Lipinski definition) is 1. The molecule has 0 fully saturated rings. The summed E-state index contributed by atoms with van der Waals surface area (Å²) >= 11 is 9.22. The van der Waals surface area contributed by atoms with Crippen LogP contribution in [0, 0.1) is 0 Å². The van der Waals surface area contributed by atoms with E-state index in [1.165, 1.54) is 0 Å². The van der Waals surface area contributed by atoms with Crippen LogP contribution in [-0.2, 0) is 0 Å². The largest absolute Gasteiger partial charge is 0.345 e. The smallest absolute Gasteiger partial charge is 0.137 e. The fourth-order valence-corrected chi connectivity index (χ4v) is 1.56. The summed E-state index contributed by atoms with van der Waals surface area (Å²) in [7, 11) is 0. The van der Waals surface area contributed by atoms with E-state index in [4.69, 9.17) is 11.6 Å². The second kappa shape index (κ2) is 3.52.